The van der Waals surface area contributed by atoms with Gasteiger partial charge in [0, 0.05) is 17.7 Å². The van der Waals surface area contributed by atoms with Gasteiger partial charge >= 0.3 is 0 Å². The zero-order chi connectivity index (χ0) is 13.0. The molecule has 0 bridgehead atoms. The molecule has 4 nitrogen and oxygen atoms in total. The Hall–Kier alpha value is -1.72. The number of carbonyl (C=O) groups is 1. The van der Waals surface area contributed by atoms with Crippen molar-refractivity contribution in [3.8, 4) is 0 Å². The van der Waals surface area contributed by atoms with Crippen molar-refractivity contribution >= 4 is 22.9 Å². The second-order valence-electron chi connectivity index (χ2n) is 3.88. The van der Waals surface area contributed by atoms with E-state index in [1.807, 2.05) is 31.2 Å². The van der Waals surface area contributed by atoms with Crippen molar-refractivity contribution in [2.24, 2.45) is 0 Å². The van der Waals surface area contributed by atoms with Crippen LogP contribution in [0.4, 0.5) is 5.69 Å². The summed E-state index contributed by atoms with van der Waals surface area (Å²) in [6.45, 7) is 1.99. The molecule has 0 aliphatic carbocycles. The van der Waals surface area contributed by atoms with E-state index in [0.717, 1.165) is 16.3 Å². The number of hydrogen-bond acceptors (Lipinski definition) is 4. The maximum absolute atomic E-state index is 11.8. The van der Waals surface area contributed by atoms with Gasteiger partial charge in [-0.3, -0.25) is 4.79 Å². The molecule has 1 heterocycles. The smallest absolute Gasteiger partial charge is 0.275 e. The standard InChI is InChI=1S/C13H14N2O2S/c1-9-14-12(8-18-9)13(17)15-11-4-2-10(3-5-11)6-7-16/h2-5,8,16H,6-7H2,1H3,(H,15,17). The van der Waals surface area contributed by atoms with Gasteiger partial charge in [0.05, 0.1) is 5.01 Å². The number of thiazole rings is 1. The van der Waals surface area contributed by atoms with Crippen LogP contribution in [0.1, 0.15) is 21.1 Å². The van der Waals surface area contributed by atoms with Gasteiger partial charge in [0.2, 0.25) is 0 Å². The number of carbonyl (C=O) groups excluding carboxylic acids is 1. The van der Waals surface area contributed by atoms with E-state index in [-0.39, 0.29) is 12.5 Å². The van der Waals surface area contributed by atoms with Crippen LogP contribution in [-0.4, -0.2) is 22.6 Å². The quantitative estimate of drug-likeness (QED) is 0.888. The molecule has 0 aliphatic rings. The molecule has 1 aromatic heterocycles. The minimum absolute atomic E-state index is 0.129. The molecule has 0 atom stereocenters. The van der Waals surface area contributed by atoms with Crippen LogP contribution < -0.4 is 5.32 Å². The number of aliphatic hydroxyl groups is 1. The summed E-state index contributed by atoms with van der Waals surface area (Å²) in [6.07, 6.45) is 0.625. The van der Waals surface area contributed by atoms with Crippen molar-refractivity contribution in [1.82, 2.24) is 4.98 Å². The number of amides is 1. The van der Waals surface area contributed by atoms with Crippen LogP contribution in [-0.2, 0) is 6.42 Å². The van der Waals surface area contributed by atoms with Crippen molar-refractivity contribution in [3.05, 3.63) is 45.9 Å². The van der Waals surface area contributed by atoms with Crippen LogP contribution in [0.3, 0.4) is 0 Å². The number of rotatable bonds is 4. The molecule has 0 aliphatic heterocycles. The zero-order valence-electron chi connectivity index (χ0n) is 10.0. The molecule has 2 N–H and O–H groups in total. The summed E-state index contributed by atoms with van der Waals surface area (Å²) in [5.74, 6) is -0.200. The van der Waals surface area contributed by atoms with Gasteiger partial charge in [-0.2, -0.15) is 0 Å². The Kier molecular flexibility index (Phi) is 4.07. The SMILES string of the molecule is Cc1nc(C(=O)Nc2ccc(CCO)cc2)cs1. The second kappa shape index (κ2) is 5.75. The van der Waals surface area contributed by atoms with E-state index < -0.39 is 0 Å². The highest BCUT2D eigenvalue weighted by molar-refractivity contribution is 7.09. The van der Waals surface area contributed by atoms with E-state index in [1.165, 1.54) is 11.3 Å². The number of anilines is 1. The van der Waals surface area contributed by atoms with Gasteiger partial charge in [-0.25, -0.2) is 4.98 Å². The summed E-state index contributed by atoms with van der Waals surface area (Å²) < 4.78 is 0. The molecule has 0 fully saturated rings. The highest BCUT2D eigenvalue weighted by Gasteiger charge is 2.09. The van der Waals surface area contributed by atoms with Gasteiger partial charge in [0.25, 0.3) is 5.91 Å². The van der Waals surface area contributed by atoms with E-state index in [4.69, 9.17) is 5.11 Å². The monoisotopic (exact) mass is 262 g/mol. The third kappa shape index (κ3) is 3.15. The fourth-order valence-electron chi connectivity index (χ4n) is 1.55. The Morgan fingerprint density at radius 3 is 2.67 bits per heavy atom. The van der Waals surface area contributed by atoms with Crippen molar-refractivity contribution in [2.45, 2.75) is 13.3 Å². The Balaban J connectivity index is 2.03. The summed E-state index contributed by atoms with van der Waals surface area (Å²) in [4.78, 5) is 16.0. The summed E-state index contributed by atoms with van der Waals surface area (Å²) in [5.41, 5.74) is 2.21. The van der Waals surface area contributed by atoms with E-state index >= 15 is 0 Å². The molecule has 0 saturated carbocycles. The highest BCUT2D eigenvalue weighted by Crippen LogP contribution is 2.13. The first kappa shape index (κ1) is 12.7. The molecule has 5 heteroatoms. The van der Waals surface area contributed by atoms with Crippen LogP contribution in [0.2, 0.25) is 0 Å². The van der Waals surface area contributed by atoms with E-state index in [9.17, 15) is 4.79 Å². The Morgan fingerprint density at radius 1 is 1.39 bits per heavy atom. The number of nitrogens with zero attached hydrogens (tertiary/aromatic N) is 1. The number of aryl methyl sites for hydroxylation is 1. The summed E-state index contributed by atoms with van der Waals surface area (Å²) in [7, 11) is 0. The van der Waals surface area contributed by atoms with Crippen molar-refractivity contribution in [1.29, 1.82) is 0 Å². The number of benzene rings is 1. The van der Waals surface area contributed by atoms with Gasteiger partial charge < -0.3 is 10.4 Å². The molecule has 1 aromatic carbocycles. The molecule has 18 heavy (non-hydrogen) atoms. The van der Waals surface area contributed by atoms with Crippen molar-refractivity contribution in [2.75, 3.05) is 11.9 Å². The van der Waals surface area contributed by atoms with Gasteiger partial charge in [-0.15, -0.1) is 11.3 Å². The summed E-state index contributed by atoms with van der Waals surface area (Å²) in [6, 6.07) is 7.42. The van der Waals surface area contributed by atoms with E-state index in [2.05, 4.69) is 10.3 Å². The van der Waals surface area contributed by atoms with E-state index in [1.54, 1.807) is 5.38 Å². The minimum atomic E-state index is -0.200. The lowest BCUT2D eigenvalue weighted by Gasteiger charge is -2.04. The highest BCUT2D eigenvalue weighted by atomic mass is 32.1. The lowest BCUT2D eigenvalue weighted by atomic mass is 10.1. The van der Waals surface area contributed by atoms with Crippen LogP contribution in [0.25, 0.3) is 0 Å². The summed E-state index contributed by atoms with van der Waals surface area (Å²) >= 11 is 1.45. The fourth-order valence-corrected chi connectivity index (χ4v) is 2.14. The third-order valence-corrected chi connectivity index (χ3v) is 3.24. The molecular formula is C13H14N2O2S. The first-order valence-electron chi connectivity index (χ1n) is 5.62. The maximum atomic E-state index is 11.8. The molecule has 0 spiro atoms. The average Bonchev–Trinajstić information content (AvgIpc) is 2.79. The van der Waals surface area contributed by atoms with E-state index in [0.29, 0.717) is 12.1 Å². The van der Waals surface area contributed by atoms with Gasteiger partial charge in [-0.1, -0.05) is 12.1 Å². The largest absolute Gasteiger partial charge is 0.396 e. The molecular weight excluding hydrogens is 248 g/mol. The van der Waals surface area contributed by atoms with Crippen LogP contribution in [0.15, 0.2) is 29.6 Å². The van der Waals surface area contributed by atoms with Gasteiger partial charge in [-0.05, 0) is 31.0 Å². The molecule has 0 unspecified atom stereocenters. The topological polar surface area (TPSA) is 62.2 Å². The molecule has 2 aromatic rings. The molecule has 1 amide bonds. The fraction of sp³-hybridized carbons (Fsp3) is 0.231. The Morgan fingerprint density at radius 2 is 2.11 bits per heavy atom. The molecule has 0 saturated heterocycles. The maximum Gasteiger partial charge on any atom is 0.275 e. The van der Waals surface area contributed by atoms with Gasteiger partial charge in [0.1, 0.15) is 5.69 Å². The second-order valence-corrected chi connectivity index (χ2v) is 4.94. The normalized spacial score (nSPS) is 10.3. The van der Waals surface area contributed by atoms with Crippen LogP contribution >= 0.6 is 11.3 Å². The predicted molar refractivity (Wildman–Crippen MR) is 72.0 cm³/mol. The van der Waals surface area contributed by atoms with Crippen LogP contribution in [0, 0.1) is 6.92 Å². The van der Waals surface area contributed by atoms with Crippen LogP contribution in [0.5, 0.6) is 0 Å². The van der Waals surface area contributed by atoms with Gasteiger partial charge in [0.15, 0.2) is 0 Å². The first-order chi connectivity index (χ1) is 8.69. The van der Waals surface area contributed by atoms with Crippen molar-refractivity contribution < 1.29 is 9.90 Å². The molecule has 94 valence electrons. The lowest BCUT2D eigenvalue weighted by Crippen LogP contribution is -2.12. The number of nitrogens with one attached hydrogen (secondary N) is 1. The lowest BCUT2D eigenvalue weighted by molar-refractivity contribution is 0.102. The number of aromatic nitrogens is 1. The molecule has 0 radical (unpaired) electrons. The summed E-state index contributed by atoms with van der Waals surface area (Å²) in [5, 5.41) is 14.2. The predicted octanol–water partition coefficient (Wildman–Crippen LogP) is 2.24. The molecule has 2 rings (SSSR count). The number of hydrogen-bond donors (Lipinski definition) is 2. The minimum Gasteiger partial charge on any atom is -0.396 e. The number of aliphatic hydroxyl groups excluding tert-OH is 1. The van der Waals surface area contributed by atoms with Crippen molar-refractivity contribution in [3.63, 3.8) is 0 Å². The average molecular weight is 262 g/mol. The third-order valence-electron chi connectivity index (χ3n) is 2.46. The zero-order valence-corrected chi connectivity index (χ0v) is 10.8. The Bertz CT molecular complexity index is 534. The first-order valence-corrected chi connectivity index (χ1v) is 6.50. The Labute approximate surface area is 109 Å².